The second-order valence-corrected chi connectivity index (χ2v) is 4.61. The number of halogens is 1. The molecule has 0 spiro atoms. The molecule has 0 aromatic heterocycles. The second-order valence-electron chi connectivity index (χ2n) is 4.61. The summed E-state index contributed by atoms with van der Waals surface area (Å²) >= 11 is 0. The first-order valence-corrected chi connectivity index (χ1v) is 5.87. The van der Waals surface area contributed by atoms with Crippen LogP contribution in [0.2, 0.25) is 0 Å². The van der Waals surface area contributed by atoms with Crippen LogP contribution >= 0.6 is 12.4 Å². The molecule has 0 amide bonds. The van der Waals surface area contributed by atoms with Gasteiger partial charge in [-0.3, -0.25) is 0 Å². The van der Waals surface area contributed by atoms with Crippen LogP contribution in [-0.2, 0) is 13.0 Å². The minimum Gasteiger partial charge on any atom is -0.493 e. The standard InChI is InChI=1S/C13H17NO.ClH/c1-2-10(1)9-15-13-4-3-12-8-14-6-5-11(12)7-13;/h3-4,7,10,14H,1-2,5-6,8-9H2;1H. The zero-order valence-electron chi connectivity index (χ0n) is 9.37. The monoisotopic (exact) mass is 239 g/mol. The Kier molecular flexibility index (Phi) is 3.72. The second kappa shape index (κ2) is 5.07. The SMILES string of the molecule is Cl.c1cc2c(cc1OCC1CC1)CCNC2. The van der Waals surface area contributed by atoms with E-state index in [9.17, 15) is 0 Å². The van der Waals surface area contributed by atoms with Gasteiger partial charge in [0.25, 0.3) is 0 Å². The van der Waals surface area contributed by atoms with E-state index in [1.807, 2.05) is 0 Å². The van der Waals surface area contributed by atoms with Crippen molar-refractivity contribution in [2.45, 2.75) is 25.8 Å². The van der Waals surface area contributed by atoms with Gasteiger partial charge in [-0.15, -0.1) is 12.4 Å². The Bertz CT molecular complexity index is 363. The van der Waals surface area contributed by atoms with Crippen molar-refractivity contribution in [3.63, 3.8) is 0 Å². The number of ether oxygens (including phenoxy) is 1. The van der Waals surface area contributed by atoms with E-state index in [0.29, 0.717) is 0 Å². The molecule has 1 fully saturated rings. The van der Waals surface area contributed by atoms with E-state index in [1.165, 1.54) is 24.0 Å². The number of fused-ring (bicyclic) bond motifs is 1. The molecule has 1 N–H and O–H groups in total. The van der Waals surface area contributed by atoms with Crippen LogP contribution in [0.15, 0.2) is 18.2 Å². The zero-order valence-corrected chi connectivity index (χ0v) is 10.2. The molecule has 0 radical (unpaired) electrons. The molecule has 0 bridgehead atoms. The Morgan fingerprint density at radius 3 is 2.94 bits per heavy atom. The summed E-state index contributed by atoms with van der Waals surface area (Å²) < 4.78 is 5.78. The Balaban J connectivity index is 0.000000963. The van der Waals surface area contributed by atoms with Crippen LogP contribution in [-0.4, -0.2) is 13.2 Å². The molecule has 88 valence electrons. The maximum absolute atomic E-state index is 5.78. The first-order chi connectivity index (χ1) is 7.42. The van der Waals surface area contributed by atoms with Crippen molar-refractivity contribution < 1.29 is 4.74 Å². The summed E-state index contributed by atoms with van der Waals surface area (Å²) in [6.07, 6.45) is 3.85. The van der Waals surface area contributed by atoms with E-state index < -0.39 is 0 Å². The molecule has 1 heterocycles. The average molecular weight is 240 g/mol. The van der Waals surface area contributed by atoms with Crippen molar-refractivity contribution in [2.75, 3.05) is 13.2 Å². The molecule has 3 rings (SSSR count). The van der Waals surface area contributed by atoms with Crippen LogP contribution in [0.5, 0.6) is 5.75 Å². The lowest BCUT2D eigenvalue weighted by Crippen LogP contribution is -2.23. The largest absolute Gasteiger partial charge is 0.493 e. The lowest BCUT2D eigenvalue weighted by molar-refractivity contribution is 0.299. The van der Waals surface area contributed by atoms with E-state index in [4.69, 9.17) is 4.74 Å². The first kappa shape index (κ1) is 11.7. The fourth-order valence-electron chi connectivity index (χ4n) is 2.04. The lowest BCUT2D eigenvalue weighted by atomic mass is 10.0. The molecule has 1 aromatic rings. The molecule has 0 unspecified atom stereocenters. The number of hydrogen-bond acceptors (Lipinski definition) is 2. The van der Waals surface area contributed by atoms with Crippen LogP contribution in [0, 0.1) is 5.92 Å². The highest BCUT2D eigenvalue weighted by Gasteiger charge is 2.22. The Morgan fingerprint density at radius 2 is 2.12 bits per heavy atom. The minimum absolute atomic E-state index is 0. The van der Waals surface area contributed by atoms with Gasteiger partial charge in [-0.05, 0) is 55.0 Å². The van der Waals surface area contributed by atoms with Crippen molar-refractivity contribution in [2.24, 2.45) is 5.92 Å². The number of hydrogen-bond donors (Lipinski definition) is 1. The number of benzene rings is 1. The van der Waals surface area contributed by atoms with E-state index in [0.717, 1.165) is 37.8 Å². The quantitative estimate of drug-likeness (QED) is 0.876. The van der Waals surface area contributed by atoms with Gasteiger partial charge in [-0.25, -0.2) is 0 Å². The van der Waals surface area contributed by atoms with Crippen molar-refractivity contribution in [3.8, 4) is 5.75 Å². The summed E-state index contributed by atoms with van der Waals surface area (Å²) in [5, 5.41) is 3.38. The summed E-state index contributed by atoms with van der Waals surface area (Å²) in [7, 11) is 0. The normalized spacial score (nSPS) is 18.5. The van der Waals surface area contributed by atoms with Crippen LogP contribution in [0.4, 0.5) is 0 Å². The average Bonchev–Trinajstić information content (AvgIpc) is 3.10. The summed E-state index contributed by atoms with van der Waals surface area (Å²) in [5.41, 5.74) is 2.89. The van der Waals surface area contributed by atoms with Gasteiger partial charge in [0, 0.05) is 6.54 Å². The molecule has 1 aliphatic heterocycles. The molecular weight excluding hydrogens is 222 g/mol. The Hall–Kier alpha value is -0.730. The Morgan fingerprint density at radius 1 is 1.25 bits per heavy atom. The van der Waals surface area contributed by atoms with E-state index >= 15 is 0 Å². The molecular formula is C13H18ClNO. The smallest absolute Gasteiger partial charge is 0.119 e. The predicted octanol–water partition coefficient (Wildman–Crippen LogP) is 2.54. The summed E-state index contributed by atoms with van der Waals surface area (Å²) in [6, 6.07) is 6.52. The maximum atomic E-state index is 5.78. The fraction of sp³-hybridized carbons (Fsp3) is 0.538. The van der Waals surface area contributed by atoms with Gasteiger partial charge in [0.1, 0.15) is 5.75 Å². The van der Waals surface area contributed by atoms with Gasteiger partial charge >= 0.3 is 0 Å². The van der Waals surface area contributed by atoms with Crippen molar-refractivity contribution >= 4 is 12.4 Å². The highest BCUT2D eigenvalue weighted by molar-refractivity contribution is 5.85. The van der Waals surface area contributed by atoms with E-state index in [1.54, 1.807) is 0 Å². The molecule has 2 nitrogen and oxygen atoms in total. The molecule has 1 saturated carbocycles. The molecule has 0 atom stereocenters. The topological polar surface area (TPSA) is 21.3 Å². The van der Waals surface area contributed by atoms with Crippen LogP contribution in [0.25, 0.3) is 0 Å². The third kappa shape index (κ3) is 2.69. The number of nitrogens with one attached hydrogen (secondary N) is 1. The summed E-state index contributed by atoms with van der Waals surface area (Å²) in [4.78, 5) is 0. The predicted molar refractivity (Wildman–Crippen MR) is 67.3 cm³/mol. The number of rotatable bonds is 3. The summed E-state index contributed by atoms with van der Waals surface area (Å²) in [5.74, 6) is 1.89. The molecule has 16 heavy (non-hydrogen) atoms. The van der Waals surface area contributed by atoms with Gasteiger partial charge in [0.2, 0.25) is 0 Å². The van der Waals surface area contributed by atoms with Crippen molar-refractivity contribution in [1.29, 1.82) is 0 Å². The molecule has 1 aromatic carbocycles. The third-order valence-corrected chi connectivity index (χ3v) is 3.25. The third-order valence-electron chi connectivity index (χ3n) is 3.25. The zero-order chi connectivity index (χ0) is 10.1. The lowest BCUT2D eigenvalue weighted by Gasteiger charge is -2.17. The molecule has 0 saturated heterocycles. The van der Waals surface area contributed by atoms with Crippen LogP contribution in [0.1, 0.15) is 24.0 Å². The van der Waals surface area contributed by atoms with Crippen molar-refractivity contribution in [3.05, 3.63) is 29.3 Å². The molecule has 1 aliphatic carbocycles. The minimum atomic E-state index is 0. The molecule has 2 aliphatic rings. The highest BCUT2D eigenvalue weighted by atomic mass is 35.5. The van der Waals surface area contributed by atoms with Gasteiger partial charge in [0.15, 0.2) is 0 Å². The first-order valence-electron chi connectivity index (χ1n) is 5.87. The van der Waals surface area contributed by atoms with Gasteiger partial charge < -0.3 is 10.1 Å². The van der Waals surface area contributed by atoms with Gasteiger partial charge in [0.05, 0.1) is 6.61 Å². The van der Waals surface area contributed by atoms with Crippen LogP contribution < -0.4 is 10.1 Å². The molecule has 3 heteroatoms. The highest BCUT2D eigenvalue weighted by Crippen LogP contribution is 2.30. The maximum Gasteiger partial charge on any atom is 0.119 e. The van der Waals surface area contributed by atoms with Gasteiger partial charge in [-0.1, -0.05) is 6.07 Å². The Labute approximate surface area is 103 Å². The van der Waals surface area contributed by atoms with Crippen LogP contribution in [0.3, 0.4) is 0 Å². The fourth-order valence-corrected chi connectivity index (χ4v) is 2.04. The van der Waals surface area contributed by atoms with Crippen molar-refractivity contribution in [1.82, 2.24) is 5.32 Å². The van der Waals surface area contributed by atoms with E-state index in [2.05, 4.69) is 23.5 Å². The van der Waals surface area contributed by atoms with E-state index in [-0.39, 0.29) is 12.4 Å². The summed E-state index contributed by atoms with van der Waals surface area (Å²) in [6.45, 7) is 3.02. The van der Waals surface area contributed by atoms with Gasteiger partial charge in [-0.2, -0.15) is 0 Å².